The maximum atomic E-state index is 11.9. The summed E-state index contributed by atoms with van der Waals surface area (Å²) in [6.07, 6.45) is 2.29. The van der Waals surface area contributed by atoms with Crippen molar-refractivity contribution in [2.75, 3.05) is 0 Å². The van der Waals surface area contributed by atoms with E-state index >= 15 is 0 Å². The Morgan fingerprint density at radius 2 is 1.53 bits per heavy atom. The first-order valence-electron chi connectivity index (χ1n) is 10.7. The molecule has 0 saturated carbocycles. The van der Waals surface area contributed by atoms with Gasteiger partial charge in [0.25, 0.3) is 0 Å². The van der Waals surface area contributed by atoms with Crippen molar-refractivity contribution in [3.8, 4) is 0 Å². The summed E-state index contributed by atoms with van der Waals surface area (Å²) < 4.78 is 5.06. The molecule has 0 aromatic heterocycles. The number of nitrogens with zero attached hydrogens (tertiary/aromatic N) is 2. The molecule has 0 unspecified atom stereocenters. The Labute approximate surface area is 198 Å². The van der Waals surface area contributed by atoms with Gasteiger partial charge in [0, 0.05) is 0 Å². The van der Waals surface area contributed by atoms with Gasteiger partial charge in [0.2, 0.25) is 0 Å². The van der Waals surface area contributed by atoms with Crippen LogP contribution in [0.25, 0.3) is 6.08 Å². The molecule has 0 fully saturated rings. The number of benzene rings is 2. The fourth-order valence-corrected chi connectivity index (χ4v) is 2.88. The van der Waals surface area contributed by atoms with E-state index < -0.39 is 35.6 Å². The van der Waals surface area contributed by atoms with Crippen LogP contribution in [-0.2, 0) is 14.3 Å². The number of carboxylic acid groups (broad SMARTS) is 2. The zero-order valence-corrected chi connectivity index (χ0v) is 19.3. The third-order valence-electron chi connectivity index (χ3n) is 4.52. The molecule has 2 rings (SSSR count). The van der Waals surface area contributed by atoms with E-state index in [4.69, 9.17) is 4.74 Å². The number of alkyl carbamates (subject to hydrolysis) is 1. The Morgan fingerprint density at radius 3 is 2.06 bits per heavy atom. The fourth-order valence-electron chi connectivity index (χ4n) is 2.88. The van der Waals surface area contributed by atoms with Crippen LogP contribution in [0.5, 0.6) is 0 Å². The highest BCUT2D eigenvalue weighted by molar-refractivity contribution is 5.81. The van der Waals surface area contributed by atoms with Crippen LogP contribution in [0.1, 0.15) is 39.2 Å². The average Bonchev–Trinajstić information content (AvgIpc) is 2.76. The van der Waals surface area contributed by atoms with Crippen molar-refractivity contribution < 1.29 is 29.3 Å². The maximum Gasteiger partial charge on any atom is 0.408 e. The van der Waals surface area contributed by atoms with Crippen LogP contribution < -0.4 is 5.32 Å². The maximum absolute atomic E-state index is 11.9. The third kappa shape index (κ3) is 9.64. The Morgan fingerprint density at radius 1 is 0.941 bits per heavy atom. The van der Waals surface area contributed by atoms with Crippen molar-refractivity contribution in [2.24, 2.45) is 16.1 Å². The summed E-state index contributed by atoms with van der Waals surface area (Å²) in [4.78, 5) is 35.1. The van der Waals surface area contributed by atoms with E-state index in [-0.39, 0.29) is 12.8 Å². The van der Waals surface area contributed by atoms with Gasteiger partial charge >= 0.3 is 18.0 Å². The summed E-state index contributed by atoms with van der Waals surface area (Å²) in [5.41, 5.74) is 1.43. The van der Waals surface area contributed by atoms with Crippen molar-refractivity contribution >= 4 is 35.5 Å². The van der Waals surface area contributed by atoms with E-state index in [1.165, 1.54) is 0 Å². The molecular weight excluding hydrogens is 438 g/mol. The number of aliphatic carboxylic acids is 2. The molecule has 2 aromatic carbocycles. The van der Waals surface area contributed by atoms with Gasteiger partial charge in [0.1, 0.15) is 11.6 Å². The molecule has 180 valence electrons. The second kappa shape index (κ2) is 12.3. The summed E-state index contributed by atoms with van der Waals surface area (Å²) in [7, 11) is 0. The molecule has 0 aliphatic carbocycles. The van der Waals surface area contributed by atoms with E-state index in [1.54, 1.807) is 45.1 Å². The topological polar surface area (TPSA) is 138 Å². The summed E-state index contributed by atoms with van der Waals surface area (Å²) in [6, 6.07) is 15.1. The van der Waals surface area contributed by atoms with Crippen molar-refractivity contribution in [1.29, 1.82) is 0 Å². The van der Waals surface area contributed by atoms with E-state index in [2.05, 4.69) is 15.5 Å². The number of hydrogen-bond donors (Lipinski definition) is 3. The van der Waals surface area contributed by atoms with Gasteiger partial charge in [0.15, 0.2) is 0 Å². The minimum absolute atomic E-state index is 0.0879. The number of ether oxygens (including phenoxy) is 1. The van der Waals surface area contributed by atoms with Gasteiger partial charge in [-0.05, 0) is 63.4 Å². The predicted molar refractivity (Wildman–Crippen MR) is 127 cm³/mol. The van der Waals surface area contributed by atoms with Crippen LogP contribution in [0.3, 0.4) is 0 Å². The lowest BCUT2D eigenvalue weighted by Gasteiger charge is -2.23. The summed E-state index contributed by atoms with van der Waals surface area (Å²) in [6.45, 7) is 4.93. The van der Waals surface area contributed by atoms with Gasteiger partial charge in [-0.1, -0.05) is 42.5 Å². The second-order valence-corrected chi connectivity index (χ2v) is 8.57. The molecule has 9 heteroatoms. The lowest BCUT2D eigenvalue weighted by Crippen LogP contribution is -2.45. The zero-order valence-electron chi connectivity index (χ0n) is 19.3. The predicted octanol–water partition coefficient (Wildman–Crippen LogP) is 5.57. The molecule has 0 saturated heterocycles. The van der Waals surface area contributed by atoms with Crippen molar-refractivity contribution in [1.82, 2.24) is 5.32 Å². The number of carbonyl (C=O) groups is 3. The quantitative estimate of drug-likeness (QED) is 0.390. The molecule has 0 aliphatic rings. The molecule has 0 heterocycles. The van der Waals surface area contributed by atoms with Crippen LogP contribution in [0.15, 0.2) is 70.9 Å². The van der Waals surface area contributed by atoms with E-state index in [0.29, 0.717) is 5.69 Å². The highest BCUT2D eigenvalue weighted by Crippen LogP contribution is 2.20. The molecule has 0 spiro atoms. The Bertz CT molecular complexity index is 1030. The highest BCUT2D eigenvalue weighted by Gasteiger charge is 2.29. The van der Waals surface area contributed by atoms with Crippen molar-refractivity contribution in [3.05, 3.63) is 66.2 Å². The monoisotopic (exact) mass is 467 g/mol. The Kier molecular flexibility index (Phi) is 9.49. The lowest BCUT2D eigenvalue weighted by molar-refractivity contribution is -0.144. The Hall–Kier alpha value is -4.01. The van der Waals surface area contributed by atoms with E-state index in [9.17, 15) is 24.6 Å². The smallest absolute Gasteiger partial charge is 0.408 e. The van der Waals surface area contributed by atoms with E-state index in [0.717, 1.165) is 11.3 Å². The normalized spacial score (nSPS) is 13.5. The van der Waals surface area contributed by atoms with Gasteiger partial charge in [-0.3, -0.25) is 4.79 Å². The van der Waals surface area contributed by atoms with Gasteiger partial charge in [-0.15, -0.1) is 0 Å². The molecule has 0 bridgehead atoms. The SMILES string of the molecule is CC(C)(C)OC(=O)N[C@@H](C[C@@H](C/C=C/c1ccc(N=Nc2ccccc2)cc1)C(=O)O)C(=O)O. The summed E-state index contributed by atoms with van der Waals surface area (Å²) in [5.74, 6) is -3.49. The first-order valence-corrected chi connectivity index (χ1v) is 10.7. The number of allylic oxidation sites excluding steroid dienone is 1. The summed E-state index contributed by atoms with van der Waals surface area (Å²) in [5, 5.41) is 29.5. The fraction of sp³-hybridized carbons (Fsp3) is 0.320. The highest BCUT2D eigenvalue weighted by atomic mass is 16.6. The molecule has 1 amide bonds. The molecule has 0 radical (unpaired) electrons. The van der Waals surface area contributed by atoms with Gasteiger partial charge in [-0.25, -0.2) is 9.59 Å². The van der Waals surface area contributed by atoms with Gasteiger partial charge < -0.3 is 20.3 Å². The van der Waals surface area contributed by atoms with Crippen LogP contribution >= 0.6 is 0 Å². The average molecular weight is 468 g/mol. The van der Waals surface area contributed by atoms with Crippen LogP contribution in [0, 0.1) is 5.92 Å². The standard InChI is InChI=1S/C25H29N3O6/c1-25(2,3)34-24(33)26-21(23(31)32)16-18(22(29)30)9-7-8-17-12-14-20(15-13-17)28-27-19-10-5-4-6-11-19/h4-8,10-15,18,21H,9,16H2,1-3H3,(H,26,33)(H,29,30)(H,31,32)/b8-7+,28-27?/t18-,21+/m1/s1. The molecule has 3 N–H and O–H groups in total. The Balaban J connectivity index is 1.96. The minimum atomic E-state index is -1.39. The largest absolute Gasteiger partial charge is 0.481 e. The number of carboxylic acids is 2. The summed E-state index contributed by atoms with van der Waals surface area (Å²) >= 11 is 0. The molecule has 2 atom stereocenters. The molecule has 34 heavy (non-hydrogen) atoms. The van der Waals surface area contributed by atoms with Crippen LogP contribution in [0.2, 0.25) is 0 Å². The zero-order chi connectivity index (χ0) is 25.1. The van der Waals surface area contributed by atoms with Crippen LogP contribution in [-0.4, -0.2) is 39.9 Å². The number of rotatable bonds is 10. The molecular formula is C25H29N3O6. The molecule has 9 nitrogen and oxygen atoms in total. The number of amides is 1. The third-order valence-corrected chi connectivity index (χ3v) is 4.52. The number of carbonyl (C=O) groups excluding carboxylic acids is 1. The van der Waals surface area contributed by atoms with E-state index in [1.807, 2.05) is 42.5 Å². The van der Waals surface area contributed by atoms with Gasteiger partial charge in [0.05, 0.1) is 17.3 Å². The lowest BCUT2D eigenvalue weighted by atomic mass is 9.96. The molecule has 0 aliphatic heterocycles. The number of hydrogen-bond acceptors (Lipinski definition) is 6. The number of nitrogens with one attached hydrogen (secondary N) is 1. The first kappa shape index (κ1) is 26.2. The van der Waals surface area contributed by atoms with Crippen molar-refractivity contribution in [3.63, 3.8) is 0 Å². The van der Waals surface area contributed by atoms with Crippen molar-refractivity contribution in [2.45, 2.75) is 45.3 Å². The minimum Gasteiger partial charge on any atom is -0.481 e. The first-order chi connectivity index (χ1) is 16.0. The van der Waals surface area contributed by atoms with Crippen LogP contribution in [0.4, 0.5) is 16.2 Å². The molecule has 2 aromatic rings. The number of azo groups is 1. The van der Waals surface area contributed by atoms with Gasteiger partial charge in [-0.2, -0.15) is 10.2 Å². The second-order valence-electron chi connectivity index (χ2n) is 8.57.